The number of aryl methyl sites for hydroxylation is 1. The van der Waals surface area contributed by atoms with Crippen LogP contribution in [0.2, 0.25) is 0 Å². The summed E-state index contributed by atoms with van der Waals surface area (Å²) in [5.41, 5.74) is 2.21. The fourth-order valence-corrected chi connectivity index (χ4v) is 5.39. The van der Waals surface area contributed by atoms with E-state index in [0.717, 1.165) is 24.9 Å². The Morgan fingerprint density at radius 1 is 0.967 bits per heavy atom. The molecule has 0 unspecified atom stereocenters. The van der Waals surface area contributed by atoms with Crippen LogP contribution in [-0.4, -0.2) is 48.2 Å². The second-order valence-electron chi connectivity index (χ2n) is 8.38. The molecule has 154 valence electrons. The molecule has 2 amide bonds. The number of Topliss-reactive ketones (excluding diaryl/α,β-unsaturated/α-hetero) is 1. The quantitative estimate of drug-likeness (QED) is 0.579. The maximum absolute atomic E-state index is 13.5. The number of anilines is 1. The highest BCUT2D eigenvalue weighted by molar-refractivity contribution is 6.24. The van der Waals surface area contributed by atoms with Gasteiger partial charge in [0.2, 0.25) is 11.8 Å². The Kier molecular flexibility index (Phi) is 4.47. The molecular weight excluding hydrogens is 380 g/mol. The zero-order chi connectivity index (χ0) is 21.0. The SMILES string of the molecule is COc1ccc(N2C(=O)[C@@H]3[C@H](C2=O)[C@H](C(=O)c2ccc(C)cc2)N2CCC[C@@H]32)cc1. The number of methoxy groups -OCH3 is 1. The molecule has 0 aromatic heterocycles. The predicted octanol–water partition coefficient (Wildman–Crippen LogP) is 2.84. The van der Waals surface area contributed by atoms with E-state index in [9.17, 15) is 14.4 Å². The van der Waals surface area contributed by atoms with Crippen molar-refractivity contribution in [2.24, 2.45) is 11.8 Å². The van der Waals surface area contributed by atoms with Crippen molar-refractivity contribution in [3.05, 3.63) is 59.7 Å². The molecule has 3 heterocycles. The highest BCUT2D eigenvalue weighted by Gasteiger charge is 2.64. The number of carbonyl (C=O) groups is 3. The molecule has 0 aliphatic carbocycles. The van der Waals surface area contributed by atoms with Gasteiger partial charge < -0.3 is 4.74 Å². The van der Waals surface area contributed by atoms with Crippen LogP contribution in [0.15, 0.2) is 48.5 Å². The van der Waals surface area contributed by atoms with Crippen LogP contribution < -0.4 is 9.64 Å². The van der Waals surface area contributed by atoms with E-state index in [1.807, 2.05) is 31.2 Å². The minimum absolute atomic E-state index is 0.0471. The van der Waals surface area contributed by atoms with Gasteiger partial charge in [-0.1, -0.05) is 29.8 Å². The average molecular weight is 404 g/mol. The molecule has 3 saturated heterocycles. The number of benzene rings is 2. The van der Waals surface area contributed by atoms with Gasteiger partial charge in [0.05, 0.1) is 30.7 Å². The minimum Gasteiger partial charge on any atom is -0.497 e. The summed E-state index contributed by atoms with van der Waals surface area (Å²) >= 11 is 0. The monoisotopic (exact) mass is 404 g/mol. The Morgan fingerprint density at radius 3 is 2.30 bits per heavy atom. The number of carbonyl (C=O) groups excluding carboxylic acids is 3. The molecule has 0 bridgehead atoms. The number of imide groups is 1. The molecule has 0 saturated carbocycles. The third-order valence-corrected chi connectivity index (χ3v) is 6.79. The molecule has 30 heavy (non-hydrogen) atoms. The number of fused-ring (bicyclic) bond motifs is 3. The summed E-state index contributed by atoms with van der Waals surface area (Å²) in [6, 6.07) is 13.7. The topological polar surface area (TPSA) is 66.9 Å². The molecule has 6 nitrogen and oxygen atoms in total. The van der Waals surface area contributed by atoms with E-state index in [2.05, 4.69) is 4.90 Å². The van der Waals surface area contributed by atoms with Gasteiger partial charge in [-0.25, -0.2) is 4.90 Å². The summed E-state index contributed by atoms with van der Waals surface area (Å²) in [5.74, 6) is -0.943. The zero-order valence-electron chi connectivity index (χ0n) is 17.1. The van der Waals surface area contributed by atoms with Crippen LogP contribution in [0, 0.1) is 18.8 Å². The van der Waals surface area contributed by atoms with E-state index >= 15 is 0 Å². The number of ketones is 1. The molecule has 0 spiro atoms. The van der Waals surface area contributed by atoms with Crippen molar-refractivity contribution in [1.29, 1.82) is 0 Å². The summed E-state index contributed by atoms with van der Waals surface area (Å²) < 4.78 is 5.18. The van der Waals surface area contributed by atoms with E-state index < -0.39 is 17.9 Å². The van der Waals surface area contributed by atoms with Crippen molar-refractivity contribution in [3.63, 3.8) is 0 Å². The van der Waals surface area contributed by atoms with E-state index in [-0.39, 0.29) is 23.6 Å². The highest BCUT2D eigenvalue weighted by atomic mass is 16.5. The first kappa shape index (κ1) is 19.0. The first-order valence-electron chi connectivity index (χ1n) is 10.4. The molecule has 4 atom stereocenters. The van der Waals surface area contributed by atoms with Crippen LogP contribution in [-0.2, 0) is 9.59 Å². The van der Waals surface area contributed by atoms with Crippen LogP contribution in [0.5, 0.6) is 5.75 Å². The number of nitrogens with zero attached hydrogens (tertiary/aromatic N) is 2. The van der Waals surface area contributed by atoms with Gasteiger partial charge in [0.25, 0.3) is 0 Å². The van der Waals surface area contributed by atoms with Crippen molar-refractivity contribution >= 4 is 23.3 Å². The standard InChI is InChI=1S/C24H24N2O4/c1-14-5-7-15(8-6-14)22(27)21-20-19(18-4-3-13-25(18)21)23(28)26(24(20)29)16-9-11-17(30-2)12-10-16/h5-12,18-21H,3-4,13H2,1-2H3/t18-,19-,20-,21+/m0/s1. The number of amides is 2. The average Bonchev–Trinajstić information content (AvgIpc) is 3.40. The molecular formula is C24H24N2O4. The van der Waals surface area contributed by atoms with Gasteiger partial charge in [-0.3, -0.25) is 19.3 Å². The highest BCUT2D eigenvalue weighted by Crippen LogP contribution is 2.48. The first-order chi connectivity index (χ1) is 14.5. The first-order valence-corrected chi connectivity index (χ1v) is 10.4. The lowest BCUT2D eigenvalue weighted by Gasteiger charge is -2.27. The largest absolute Gasteiger partial charge is 0.497 e. The van der Waals surface area contributed by atoms with Gasteiger partial charge in [0.15, 0.2) is 5.78 Å². The summed E-state index contributed by atoms with van der Waals surface area (Å²) in [5, 5.41) is 0. The molecule has 5 rings (SSSR count). The minimum atomic E-state index is -0.626. The summed E-state index contributed by atoms with van der Waals surface area (Å²) in [4.78, 5) is 43.7. The van der Waals surface area contributed by atoms with Crippen molar-refractivity contribution in [3.8, 4) is 5.75 Å². The summed E-state index contributed by atoms with van der Waals surface area (Å²) in [7, 11) is 1.57. The number of ether oxygens (including phenoxy) is 1. The molecule has 3 aliphatic heterocycles. The van der Waals surface area contributed by atoms with E-state index in [0.29, 0.717) is 17.0 Å². The van der Waals surface area contributed by atoms with E-state index in [1.165, 1.54) is 4.90 Å². The van der Waals surface area contributed by atoms with E-state index in [4.69, 9.17) is 4.74 Å². The fourth-order valence-electron chi connectivity index (χ4n) is 5.39. The van der Waals surface area contributed by atoms with Crippen molar-refractivity contribution < 1.29 is 19.1 Å². The normalized spacial score (nSPS) is 28.0. The summed E-state index contributed by atoms with van der Waals surface area (Å²) in [6.07, 6.45) is 1.78. The van der Waals surface area contributed by atoms with Gasteiger partial charge in [-0.05, 0) is 50.6 Å². The molecule has 6 heteroatoms. The predicted molar refractivity (Wildman–Crippen MR) is 111 cm³/mol. The molecule has 3 aliphatic rings. The van der Waals surface area contributed by atoms with Gasteiger partial charge in [-0.15, -0.1) is 0 Å². The Labute approximate surface area is 175 Å². The van der Waals surface area contributed by atoms with Crippen molar-refractivity contribution in [2.75, 3.05) is 18.6 Å². The van der Waals surface area contributed by atoms with Crippen LogP contribution in [0.1, 0.15) is 28.8 Å². The van der Waals surface area contributed by atoms with Gasteiger partial charge in [-0.2, -0.15) is 0 Å². The Bertz CT molecular complexity index is 1010. The second kappa shape index (κ2) is 7.06. The molecule has 0 radical (unpaired) electrons. The van der Waals surface area contributed by atoms with Crippen LogP contribution >= 0.6 is 0 Å². The third kappa shape index (κ3) is 2.70. The van der Waals surface area contributed by atoms with Gasteiger partial charge in [0, 0.05) is 11.6 Å². The maximum atomic E-state index is 13.5. The molecule has 3 fully saturated rings. The Hall–Kier alpha value is -2.99. The molecule has 2 aromatic rings. The zero-order valence-corrected chi connectivity index (χ0v) is 17.1. The van der Waals surface area contributed by atoms with Gasteiger partial charge >= 0.3 is 0 Å². The van der Waals surface area contributed by atoms with E-state index in [1.54, 1.807) is 31.4 Å². The number of rotatable bonds is 4. The maximum Gasteiger partial charge on any atom is 0.239 e. The smallest absolute Gasteiger partial charge is 0.239 e. The van der Waals surface area contributed by atoms with Gasteiger partial charge in [0.1, 0.15) is 5.75 Å². The van der Waals surface area contributed by atoms with Crippen LogP contribution in [0.3, 0.4) is 0 Å². The lowest BCUT2D eigenvalue weighted by molar-refractivity contribution is -0.123. The molecule has 2 aromatic carbocycles. The third-order valence-electron chi connectivity index (χ3n) is 6.79. The van der Waals surface area contributed by atoms with Crippen LogP contribution in [0.4, 0.5) is 5.69 Å². The Balaban J connectivity index is 1.52. The Morgan fingerprint density at radius 2 is 1.63 bits per heavy atom. The second-order valence-corrected chi connectivity index (χ2v) is 8.38. The fraction of sp³-hybridized carbons (Fsp3) is 0.375. The number of hydrogen-bond donors (Lipinski definition) is 0. The van der Waals surface area contributed by atoms with Crippen molar-refractivity contribution in [1.82, 2.24) is 4.90 Å². The lowest BCUT2D eigenvalue weighted by Crippen LogP contribution is -2.46. The molecule has 0 N–H and O–H groups in total. The van der Waals surface area contributed by atoms with Crippen LogP contribution in [0.25, 0.3) is 0 Å². The lowest BCUT2D eigenvalue weighted by atomic mass is 9.85. The number of hydrogen-bond acceptors (Lipinski definition) is 5. The van der Waals surface area contributed by atoms with Crippen molar-refractivity contribution in [2.45, 2.75) is 31.8 Å². The summed E-state index contributed by atoms with van der Waals surface area (Å²) in [6.45, 7) is 2.73.